The van der Waals surface area contributed by atoms with Gasteiger partial charge in [0, 0.05) is 37.8 Å². The van der Waals surface area contributed by atoms with Gasteiger partial charge in [0.2, 0.25) is 5.91 Å². The minimum atomic E-state index is -0.0576. The van der Waals surface area contributed by atoms with Gasteiger partial charge in [-0.25, -0.2) is 4.98 Å². The van der Waals surface area contributed by atoms with E-state index in [2.05, 4.69) is 10.3 Å². The minimum Gasteiger partial charge on any atom is -0.354 e. The lowest BCUT2D eigenvalue weighted by Gasteiger charge is -2.13. The van der Waals surface area contributed by atoms with E-state index in [1.165, 1.54) is 11.8 Å². The Morgan fingerprint density at radius 3 is 2.63 bits per heavy atom. The molecule has 1 N–H and O–H groups in total. The molecule has 0 aliphatic rings. The fraction of sp³-hybridized carbons (Fsp3) is 0.450. The summed E-state index contributed by atoms with van der Waals surface area (Å²) in [5.74, 6) is 0.183. The van der Waals surface area contributed by atoms with Crippen LogP contribution in [0, 0.1) is 13.8 Å². The molecule has 0 atom stereocenters. The first-order valence-corrected chi connectivity index (χ1v) is 9.93. The van der Waals surface area contributed by atoms with Gasteiger partial charge in [-0.3, -0.25) is 14.2 Å². The molecule has 1 aromatic heterocycles. The van der Waals surface area contributed by atoms with Crippen molar-refractivity contribution in [2.24, 2.45) is 7.05 Å². The largest absolute Gasteiger partial charge is 0.354 e. The van der Waals surface area contributed by atoms with E-state index in [0.717, 1.165) is 23.4 Å². The Labute approximate surface area is 165 Å². The number of hydrogen-bond donors (Lipinski definition) is 1. The van der Waals surface area contributed by atoms with E-state index in [-0.39, 0.29) is 17.2 Å². The van der Waals surface area contributed by atoms with Crippen molar-refractivity contribution in [3.63, 3.8) is 0 Å². The smallest absolute Gasteiger partial charge is 0.257 e. The van der Waals surface area contributed by atoms with E-state index >= 15 is 0 Å². The summed E-state index contributed by atoms with van der Waals surface area (Å²) in [6, 6.07) is 8.05. The molecule has 1 heterocycles. The summed E-state index contributed by atoms with van der Waals surface area (Å²) in [4.78, 5) is 31.4. The highest BCUT2D eigenvalue weighted by molar-refractivity contribution is 7.99. The zero-order chi connectivity index (χ0) is 20.0. The zero-order valence-corrected chi connectivity index (χ0v) is 17.5. The molecule has 2 aromatic rings. The lowest BCUT2D eigenvalue weighted by Crippen LogP contribution is -2.32. The first-order valence-electron chi connectivity index (χ1n) is 8.94. The molecule has 0 bridgehead atoms. The summed E-state index contributed by atoms with van der Waals surface area (Å²) in [7, 11) is 5.63. The highest BCUT2D eigenvalue weighted by Gasteiger charge is 2.14. The third-order valence-electron chi connectivity index (χ3n) is 4.39. The fourth-order valence-electron chi connectivity index (χ4n) is 2.66. The number of rotatable bonds is 8. The molecule has 0 spiro atoms. The van der Waals surface area contributed by atoms with Crippen LogP contribution in [0.3, 0.4) is 0 Å². The lowest BCUT2D eigenvalue weighted by atomic mass is 10.0. The quantitative estimate of drug-likeness (QED) is 0.551. The van der Waals surface area contributed by atoms with Crippen LogP contribution in [0.15, 0.2) is 34.2 Å². The van der Waals surface area contributed by atoms with Crippen LogP contribution >= 0.6 is 11.8 Å². The molecule has 1 amide bonds. The van der Waals surface area contributed by atoms with Gasteiger partial charge in [0.1, 0.15) is 0 Å². The van der Waals surface area contributed by atoms with E-state index < -0.39 is 0 Å². The minimum absolute atomic E-state index is 0.0544. The standard InChI is InChI=1S/C20H28N4O2S/c1-14-8-6-7-9-16(14)12-17-15(2)22-20(24(5)19(17)26)27-13-18(25)21-10-11-23(3)4/h6-9H,10-13H2,1-5H3,(H,21,25). The molecule has 7 heteroatoms. The third-order valence-corrected chi connectivity index (χ3v) is 5.42. The second-order valence-electron chi connectivity index (χ2n) is 6.87. The maximum absolute atomic E-state index is 12.8. The van der Waals surface area contributed by atoms with Crippen molar-refractivity contribution in [2.75, 3.05) is 32.9 Å². The molecule has 0 saturated carbocycles. The molecular weight excluding hydrogens is 360 g/mol. The Kier molecular flexibility index (Phi) is 7.62. The first kappa shape index (κ1) is 21.2. The monoisotopic (exact) mass is 388 g/mol. The third kappa shape index (κ3) is 5.94. The number of nitrogens with one attached hydrogen (secondary N) is 1. The number of thioether (sulfide) groups is 1. The van der Waals surface area contributed by atoms with Crippen LogP contribution in [0.4, 0.5) is 0 Å². The van der Waals surface area contributed by atoms with E-state index in [9.17, 15) is 9.59 Å². The second kappa shape index (κ2) is 9.71. The summed E-state index contributed by atoms with van der Waals surface area (Å²) in [6.45, 7) is 5.30. The Morgan fingerprint density at radius 2 is 1.96 bits per heavy atom. The van der Waals surface area contributed by atoms with Gasteiger partial charge in [-0.15, -0.1) is 0 Å². The summed E-state index contributed by atoms with van der Waals surface area (Å²) >= 11 is 1.29. The van der Waals surface area contributed by atoms with Crippen molar-refractivity contribution >= 4 is 17.7 Å². The van der Waals surface area contributed by atoms with Crippen LogP contribution in [0.2, 0.25) is 0 Å². The number of carbonyl (C=O) groups excluding carboxylic acids is 1. The molecule has 146 valence electrons. The molecule has 2 rings (SSSR count). The van der Waals surface area contributed by atoms with Gasteiger partial charge < -0.3 is 10.2 Å². The molecule has 0 aliphatic heterocycles. The average molecular weight is 389 g/mol. The van der Waals surface area contributed by atoms with Crippen molar-refractivity contribution in [1.82, 2.24) is 19.8 Å². The Balaban J connectivity index is 2.09. The van der Waals surface area contributed by atoms with Gasteiger partial charge in [0.15, 0.2) is 5.16 Å². The van der Waals surface area contributed by atoms with Gasteiger partial charge >= 0.3 is 0 Å². The van der Waals surface area contributed by atoms with Crippen LogP contribution in [0.5, 0.6) is 0 Å². The predicted molar refractivity (Wildman–Crippen MR) is 110 cm³/mol. The summed E-state index contributed by atoms with van der Waals surface area (Å²) < 4.78 is 1.54. The SMILES string of the molecule is Cc1ccccc1Cc1c(C)nc(SCC(=O)NCCN(C)C)n(C)c1=O. The maximum atomic E-state index is 12.8. The molecule has 27 heavy (non-hydrogen) atoms. The topological polar surface area (TPSA) is 67.2 Å². The average Bonchev–Trinajstić information content (AvgIpc) is 2.61. The molecule has 6 nitrogen and oxygen atoms in total. The molecule has 0 fully saturated rings. The van der Waals surface area contributed by atoms with Crippen molar-refractivity contribution in [3.8, 4) is 0 Å². The predicted octanol–water partition coefficient (Wildman–Crippen LogP) is 1.76. The Hall–Kier alpha value is -2.12. The van der Waals surface area contributed by atoms with Gasteiger partial charge in [-0.1, -0.05) is 36.0 Å². The van der Waals surface area contributed by atoms with Crippen LogP contribution in [-0.4, -0.2) is 53.3 Å². The number of amides is 1. The van der Waals surface area contributed by atoms with Crippen LogP contribution in [0.1, 0.15) is 22.4 Å². The molecule has 0 aliphatic carbocycles. The zero-order valence-electron chi connectivity index (χ0n) is 16.7. The second-order valence-corrected chi connectivity index (χ2v) is 7.81. The van der Waals surface area contributed by atoms with E-state index in [0.29, 0.717) is 23.7 Å². The lowest BCUT2D eigenvalue weighted by molar-refractivity contribution is -0.118. The van der Waals surface area contributed by atoms with E-state index in [1.54, 1.807) is 11.6 Å². The normalized spacial score (nSPS) is 11.0. The molecule has 0 radical (unpaired) electrons. The number of nitrogens with zero attached hydrogens (tertiary/aromatic N) is 3. The summed E-state index contributed by atoms with van der Waals surface area (Å²) in [5, 5.41) is 3.43. The number of carbonyl (C=O) groups is 1. The number of hydrogen-bond acceptors (Lipinski definition) is 5. The Morgan fingerprint density at radius 1 is 1.26 bits per heavy atom. The van der Waals surface area contributed by atoms with Gasteiger partial charge in [0.25, 0.3) is 5.56 Å². The van der Waals surface area contributed by atoms with Gasteiger partial charge in [-0.05, 0) is 39.1 Å². The summed E-state index contributed by atoms with van der Waals surface area (Å²) in [6.07, 6.45) is 0.564. The van der Waals surface area contributed by atoms with Crippen molar-refractivity contribution in [3.05, 3.63) is 57.0 Å². The number of benzene rings is 1. The highest BCUT2D eigenvalue weighted by atomic mass is 32.2. The molecule has 0 saturated heterocycles. The number of aryl methyl sites for hydroxylation is 2. The van der Waals surface area contributed by atoms with Gasteiger partial charge in [0.05, 0.1) is 5.75 Å². The number of aromatic nitrogens is 2. The van der Waals surface area contributed by atoms with Crippen LogP contribution < -0.4 is 10.9 Å². The Bertz CT molecular complexity index is 862. The molecule has 1 aromatic carbocycles. The van der Waals surface area contributed by atoms with Crippen molar-refractivity contribution in [2.45, 2.75) is 25.4 Å². The first-order chi connectivity index (χ1) is 12.8. The van der Waals surface area contributed by atoms with E-state index in [1.807, 2.05) is 57.1 Å². The van der Waals surface area contributed by atoms with Crippen LogP contribution in [0.25, 0.3) is 0 Å². The molecule has 0 unspecified atom stereocenters. The highest BCUT2D eigenvalue weighted by Crippen LogP contribution is 2.17. The van der Waals surface area contributed by atoms with Gasteiger partial charge in [-0.2, -0.15) is 0 Å². The van der Waals surface area contributed by atoms with E-state index in [4.69, 9.17) is 0 Å². The molecular formula is C20H28N4O2S. The number of likely N-dealkylation sites (N-methyl/N-ethyl adjacent to an activating group) is 1. The summed E-state index contributed by atoms with van der Waals surface area (Å²) in [5.41, 5.74) is 3.65. The maximum Gasteiger partial charge on any atom is 0.257 e. The van der Waals surface area contributed by atoms with Crippen molar-refractivity contribution in [1.29, 1.82) is 0 Å². The fourth-order valence-corrected chi connectivity index (χ4v) is 3.50. The van der Waals surface area contributed by atoms with Crippen LogP contribution in [-0.2, 0) is 18.3 Å². The van der Waals surface area contributed by atoms with Crippen molar-refractivity contribution < 1.29 is 4.79 Å².